The molecule has 0 saturated heterocycles. The van der Waals surface area contributed by atoms with Crippen molar-refractivity contribution in [2.45, 2.75) is 52.6 Å². The normalized spacial score (nSPS) is 12.2. The first kappa shape index (κ1) is 15.0. The number of fused-ring (bicyclic) bond motifs is 1. The van der Waals surface area contributed by atoms with Crippen LogP contribution in [0.4, 0.5) is 4.39 Å². The summed E-state index contributed by atoms with van der Waals surface area (Å²) in [4.78, 5) is 4.50. The molecule has 0 radical (unpaired) electrons. The van der Waals surface area contributed by atoms with E-state index in [0.29, 0.717) is 5.52 Å². The fraction of sp³-hybridized carbons (Fsp3) is 0.562. The van der Waals surface area contributed by atoms with Gasteiger partial charge in [-0.25, -0.2) is 9.37 Å². The zero-order valence-electron chi connectivity index (χ0n) is 12.8. The van der Waals surface area contributed by atoms with Crippen LogP contribution in [0.25, 0.3) is 11.0 Å². The molecule has 1 aromatic heterocycles. The maximum Gasteiger partial charge on any atom is 0.151 e. The van der Waals surface area contributed by atoms with Crippen LogP contribution in [-0.2, 0) is 13.0 Å². The molecular formula is C16H24FN3. The van der Waals surface area contributed by atoms with E-state index in [9.17, 15) is 4.39 Å². The molecule has 110 valence electrons. The average molecular weight is 277 g/mol. The van der Waals surface area contributed by atoms with E-state index in [1.165, 1.54) is 6.07 Å². The molecule has 0 spiro atoms. The van der Waals surface area contributed by atoms with E-state index in [1.807, 2.05) is 6.07 Å². The summed E-state index contributed by atoms with van der Waals surface area (Å²) in [6.07, 6.45) is 1.83. The van der Waals surface area contributed by atoms with Gasteiger partial charge >= 0.3 is 0 Å². The third-order valence-corrected chi connectivity index (χ3v) is 3.26. The summed E-state index contributed by atoms with van der Waals surface area (Å²) < 4.78 is 16.0. The zero-order valence-corrected chi connectivity index (χ0v) is 12.8. The highest BCUT2D eigenvalue weighted by atomic mass is 19.1. The van der Waals surface area contributed by atoms with Gasteiger partial charge in [0.15, 0.2) is 5.82 Å². The Hall–Kier alpha value is -1.42. The first-order chi connectivity index (χ1) is 9.42. The summed E-state index contributed by atoms with van der Waals surface area (Å²) in [6.45, 7) is 10.3. The first-order valence-corrected chi connectivity index (χ1v) is 7.31. The molecule has 0 amide bonds. The number of halogens is 1. The number of nitrogens with zero attached hydrogens (tertiary/aromatic N) is 2. The van der Waals surface area contributed by atoms with Crippen molar-refractivity contribution < 1.29 is 4.39 Å². The maximum atomic E-state index is 13.8. The van der Waals surface area contributed by atoms with Gasteiger partial charge < -0.3 is 9.88 Å². The fourth-order valence-corrected chi connectivity index (χ4v) is 2.37. The lowest BCUT2D eigenvalue weighted by molar-refractivity contribution is 0.425. The third kappa shape index (κ3) is 3.37. The lowest BCUT2D eigenvalue weighted by Gasteiger charge is -2.20. The molecule has 1 heterocycles. The van der Waals surface area contributed by atoms with Crippen molar-refractivity contribution in [3.05, 3.63) is 29.8 Å². The first-order valence-electron chi connectivity index (χ1n) is 7.31. The molecule has 0 aliphatic heterocycles. The topological polar surface area (TPSA) is 29.9 Å². The average Bonchev–Trinajstić information content (AvgIpc) is 2.69. The molecule has 20 heavy (non-hydrogen) atoms. The number of nitrogens with one attached hydrogen (secondary N) is 1. The SMILES string of the molecule is CCCn1c(CCNC(C)(C)C)nc2c(F)cccc21. The van der Waals surface area contributed by atoms with Crippen LogP contribution in [0.1, 0.15) is 39.9 Å². The molecule has 0 saturated carbocycles. The summed E-state index contributed by atoms with van der Waals surface area (Å²) in [5, 5.41) is 3.45. The molecule has 0 atom stereocenters. The number of para-hydroxylation sites is 1. The lowest BCUT2D eigenvalue weighted by Crippen LogP contribution is -2.37. The second-order valence-corrected chi connectivity index (χ2v) is 6.21. The Morgan fingerprint density at radius 3 is 2.70 bits per heavy atom. The fourth-order valence-electron chi connectivity index (χ4n) is 2.37. The zero-order chi connectivity index (χ0) is 14.8. The van der Waals surface area contributed by atoms with Crippen LogP contribution in [-0.4, -0.2) is 21.6 Å². The minimum atomic E-state index is -0.234. The van der Waals surface area contributed by atoms with Crippen LogP contribution in [0.5, 0.6) is 0 Å². The molecule has 1 N–H and O–H groups in total. The van der Waals surface area contributed by atoms with E-state index < -0.39 is 0 Å². The van der Waals surface area contributed by atoms with Gasteiger partial charge in [-0.05, 0) is 39.3 Å². The van der Waals surface area contributed by atoms with E-state index in [4.69, 9.17) is 0 Å². The Morgan fingerprint density at radius 1 is 1.30 bits per heavy atom. The summed E-state index contributed by atoms with van der Waals surface area (Å²) in [5.74, 6) is 0.728. The molecule has 1 aromatic carbocycles. The summed E-state index contributed by atoms with van der Waals surface area (Å²) in [6, 6.07) is 5.17. The van der Waals surface area contributed by atoms with Gasteiger partial charge in [-0.2, -0.15) is 0 Å². The van der Waals surface area contributed by atoms with E-state index in [1.54, 1.807) is 6.07 Å². The maximum absolute atomic E-state index is 13.8. The summed E-state index contributed by atoms with van der Waals surface area (Å²) in [5.41, 5.74) is 1.48. The van der Waals surface area contributed by atoms with Gasteiger partial charge in [-0.1, -0.05) is 13.0 Å². The van der Waals surface area contributed by atoms with Crippen LogP contribution in [0, 0.1) is 5.82 Å². The molecule has 0 unspecified atom stereocenters. The smallest absolute Gasteiger partial charge is 0.151 e. The molecule has 0 aliphatic rings. The van der Waals surface area contributed by atoms with Crippen LogP contribution in [0.2, 0.25) is 0 Å². The third-order valence-electron chi connectivity index (χ3n) is 3.26. The Kier molecular flexibility index (Phi) is 4.43. The quantitative estimate of drug-likeness (QED) is 0.906. The molecule has 0 aliphatic carbocycles. The highest BCUT2D eigenvalue weighted by Crippen LogP contribution is 2.20. The van der Waals surface area contributed by atoms with Crippen molar-refractivity contribution in [1.29, 1.82) is 0 Å². The number of imidazole rings is 1. The minimum Gasteiger partial charge on any atom is -0.328 e. The van der Waals surface area contributed by atoms with E-state index in [2.05, 4.69) is 42.6 Å². The van der Waals surface area contributed by atoms with Gasteiger partial charge in [0.1, 0.15) is 11.3 Å². The number of aryl methyl sites for hydroxylation is 1. The van der Waals surface area contributed by atoms with Crippen molar-refractivity contribution in [2.24, 2.45) is 0 Å². The molecule has 0 bridgehead atoms. The molecule has 3 nitrogen and oxygen atoms in total. The number of hydrogen-bond donors (Lipinski definition) is 1. The molecule has 2 rings (SSSR count). The summed E-state index contributed by atoms with van der Waals surface area (Å²) >= 11 is 0. The van der Waals surface area contributed by atoms with Crippen LogP contribution < -0.4 is 5.32 Å². The van der Waals surface area contributed by atoms with E-state index in [-0.39, 0.29) is 11.4 Å². The van der Waals surface area contributed by atoms with Crippen molar-refractivity contribution in [1.82, 2.24) is 14.9 Å². The Labute approximate surface area is 120 Å². The van der Waals surface area contributed by atoms with Gasteiger partial charge in [0.2, 0.25) is 0 Å². The number of hydrogen-bond acceptors (Lipinski definition) is 2. The largest absolute Gasteiger partial charge is 0.328 e. The Bertz CT molecular complexity index is 581. The van der Waals surface area contributed by atoms with Crippen molar-refractivity contribution in [2.75, 3.05) is 6.54 Å². The van der Waals surface area contributed by atoms with Crippen molar-refractivity contribution in [3.63, 3.8) is 0 Å². The Morgan fingerprint density at radius 2 is 2.05 bits per heavy atom. The predicted octanol–water partition coefficient (Wildman–Crippen LogP) is 3.52. The van der Waals surface area contributed by atoms with Gasteiger partial charge in [-0.3, -0.25) is 0 Å². The van der Waals surface area contributed by atoms with Gasteiger partial charge in [0, 0.05) is 25.0 Å². The van der Waals surface area contributed by atoms with Crippen LogP contribution >= 0.6 is 0 Å². The standard InChI is InChI=1S/C16H24FN3/c1-5-11-20-13-8-6-7-12(17)15(13)19-14(20)9-10-18-16(2,3)4/h6-8,18H,5,9-11H2,1-4H3. The molecule has 4 heteroatoms. The highest BCUT2D eigenvalue weighted by molar-refractivity contribution is 5.76. The predicted molar refractivity (Wildman–Crippen MR) is 81.4 cm³/mol. The molecule has 2 aromatic rings. The van der Waals surface area contributed by atoms with Crippen molar-refractivity contribution >= 4 is 11.0 Å². The highest BCUT2D eigenvalue weighted by Gasteiger charge is 2.14. The summed E-state index contributed by atoms with van der Waals surface area (Å²) in [7, 11) is 0. The Balaban J connectivity index is 2.27. The van der Waals surface area contributed by atoms with Gasteiger partial charge in [0.05, 0.1) is 5.52 Å². The number of rotatable bonds is 5. The van der Waals surface area contributed by atoms with Crippen molar-refractivity contribution in [3.8, 4) is 0 Å². The van der Waals surface area contributed by atoms with E-state index in [0.717, 1.165) is 37.3 Å². The molecule has 0 fully saturated rings. The minimum absolute atomic E-state index is 0.0901. The number of aromatic nitrogens is 2. The van der Waals surface area contributed by atoms with Crippen LogP contribution in [0.3, 0.4) is 0 Å². The monoisotopic (exact) mass is 277 g/mol. The number of benzene rings is 1. The second-order valence-electron chi connectivity index (χ2n) is 6.21. The van der Waals surface area contributed by atoms with E-state index >= 15 is 0 Å². The van der Waals surface area contributed by atoms with Crippen LogP contribution in [0.15, 0.2) is 18.2 Å². The van der Waals surface area contributed by atoms with Gasteiger partial charge in [-0.15, -0.1) is 0 Å². The molecular weight excluding hydrogens is 253 g/mol. The van der Waals surface area contributed by atoms with Gasteiger partial charge in [0.25, 0.3) is 0 Å². The second kappa shape index (κ2) is 5.92. The lowest BCUT2D eigenvalue weighted by atomic mass is 10.1.